The smallest absolute Gasteiger partial charge is 0.202 e. The Bertz CT molecular complexity index is 1380. The lowest BCUT2D eigenvalue weighted by molar-refractivity contribution is -0.246. The van der Waals surface area contributed by atoms with Crippen LogP contribution in [0.3, 0.4) is 0 Å². The molecule has 11 nitrogen and oxygen atoms in total. The van der Waals surface area contributed by atoms with Gasteiger partial charge in [-0.25, -0.2) is 0 Å². The molecule has 0 spiro atoms. The number of methoxy groups -OCH3 is 1. The molecule has 2 aromatic carbocycles. The zero-order chi connectivity index (χ0) is 28.4. The van der Waals surface area contributed by atoms with Crippen molar-refractivity contribution in [3.05, 3.63) is 63.7 Å². The van der Waals surface area contributed by atoms with Crippen LogP contribution in [0.4, 0.5) is 0 Å². The average Bonchev–Trinajstić information content (AvgIpc) is 2.90. The highest BCUT2D eigenvalue weighted by molar-refractivity contribution is 6.31. The van der Waals surface area contributed by atoms with E-state index in [2.05, 4.69) is 6.58 Å². The number of carbonyl (C=O) groups excluding carboxylic acids is 2. The van der Waals surface area contributed by atoms with E-state index in [1.807, 2.05) is 0 Å². The molecule has 39 heavy (non-hydrogen) atoms. The van der Waals surface area contributed by atoms with Crippen LogP contribution in [0.15, 0.2) is 30.4 Å². The number of aliphatic hydroxyl groups is 3. The van der Waals surface area contributed by atoms with Gasteiger partial charge in [0.1, 0.15) is 17.2 Å². The van der Waals surface area contributed by atoms with Gasteiger partial charge >= 0.3 is 0 Å². The molecule has 1 saturated heterocycles. The van der Waals surface area contributed by atoms with Gasteiger partial charge in [-0.15, -0.1) is 0 Å². The van der Waals surface area contributed by atoms with Crippen LogP contribution in [0.1, 0.15) is 68.8 Å². The van der Waals surface area contributed by atoms with E-state index in [0.29, 0.717) is 0 Å². The number of rotatable bonds is 5. The first-order valence-electron chi connectivity index (χ1n) is 12.6. The molecule has 3 aliphatic rings. The van der Waals surface area contributed by atoms with Crippen LogP contribution < -0.4 is 10.5 Å². The fraction of sp³-hybridized carbons (Fsp3) is 0.429. The number of carbonyl (C=O) groups is 2. The number of aromatic hydroxyl groups is 2. The minimum atomic E-state index is -1.80. The lowest BCUT2D eigenvalue weighted by Gasteiger charge is -2.43. The molecule has 6 atom stereocenters. The molecule has 0 bridgehead atoms. The molecule has 5 rings (SSSR count). The summed E-state index contributed by atoms with van der Waals surface area (Å²) in [5.74, 6) is -2.47. The Labute approximate surface area is 224 Å². The van der Waals surface area contributed by atoms with Crippen molar-refractivity contribution in [2.45, 2.75) is 62.4 Å². The van der Waals surface area contributed by atoms with E-state index >= 15 is 0 Å². The van der Waals surface area contributed by atoms with Gasteiger partial charge in [0.2, 0.25) is 5.78 Å². The van der Waals surface area contributed by atoms with Crippen LogP contribution in [0, 0.1) is 0 Å². The number of phenols is 2. The van der Waals surface area contributed by atoms with E-state index in [1.54, 1.807) is 6.92 Å². The average molecular weight is 542 g/mol. The van der Waals surface area contributed by atoms with Gasteiger partial charge in [0.15, 0.2) is 12.1 Å². The summed E-state index contributed by atoms with van der Waals surface area (Å²) in [4.78, 5) is 27.2. The second-order valence-corrected chi connectivity index (χ2v) is 10.3. The molecule has 1 heterocycles. The molecule has 0 saturated carbocycles. The molecule has 7 N–H and O–H groups in total. The standard InChI is InChI=1S/C28H31NO10/c1-11(10-30)28(36)8-14-20(17(9-28)39-18-7-15(29)23(31)12(2)38-18)27(35)22-21(25(14)33)24(32)13-5-4-6-16(37-3)19(13)26(22)34/h4-6,12,15,17-18,23,30-31,33,35-36H,1,7-10,29H2,2-3H3. The predicted octanol–water partition coefficient (Wildman–Crippen LogP) is 0.988. The van der Waals surface area contributed by atoms with Crippen molar-refractivity contribution < 1.29 is 49.3 Å². The molecule has 0 aromatic heterocycles. The number of ketones is 2. The van der Waals surface area contributed by atoms with Gasteiger partial charge in [0.05, 0.1) is 54.3 Å². The van der Waals surface area contributed by atoms with Crippen LogP contribution in [0.2, 0.25) is 0 Å². The van der Waals surface area contributed by atoms with Gasteiger partial charge in [0, 0.05) is 42.0 Å². The van der Waals surface area contributed by atoms with Crippen molar-refractivity contribution in [2.24, 2.45) is 5.73 Å². The zero-order valence-corrected chi connectivity index (χ0v) is 21.5. The second-order valence-electron chi connectivity index (χ2n) is 10.3. The van der Waals surface area contributed by atoms with Gasteiger partial charge in [-0.05, 0) is 18.6 Å². The van der Waals surface area contributed by atoms with Gasteiger partial charge in [-0.1, -0.05) is 18.7 Å². The molecule has 0 radical (unpaired) electrons. The van der Waals surface area contributed by atoms with Crippen molar-refractivity contribution >= 4 is 11.6 Å². The van der Waals surface area contributed by atoms with Crippen molar-refractivity contribution in [1.82, 2.24) is 0 Å². The Morgan fingerprint density at radius 1 is 1.18 bits per heavy atom. The minimum Gasteiger partial charge on any atom is -0.507 e. The third-order valence-corrected chi connectivity index (χ3v) is 7.99. The number of nitrogens with two attached hydrogens (primary N) is 1. The maximum atomic E-state index is 13.7. The number of benzene rings is 2. The lowest BCUT2D eigenvalue weighted by atomic mass is 9.71. The van der Waals surface area contributed by atoms with Gasteiger partial charge in [-0.2, -0.15) is 0 Å². The molecular weight excluding hydrogens is 510 g/mol. The van der Waals surface area contributed by atoms with Crippen LogP contribution in [0.25, 0.3) is 0 Å². The van der Waals surface area contributed by atoms with E-state index in [9.17, 15) is 35.1 Å². The van der Waals surface area contributed by atoms with Crippen molar-refractivity contribution in [1.29, 1.82) is 0 Å². The summed E-state index contributed by atoms with van der Waals surface area (Å²) in [7, 11) is 1.35. The number of hydrogen-bond acceptors (Lipinski definition) is 11. The lowest BCUT2D eigenvalue weighted by Crippen LogP contribution is -2.52. The number of ether oxygens (including phenoxy) is 3. The van der Waals surface area contributed by atoms with Crippen LogP contribution in [-0.4, -0.2) is 81.0 Å². The molecule has 2 aliphatic carbocycles. The fourth-order valence-electron chi connectivity index (χ4n) is 5.81. The fourth-order valence-corrected chi connectivity index (χ4v) is 5.81. The zero-order valence-electron chi connectivity index (χ0n) is 21.5. The summed E-state index contributed by atoms with van der Waals surface area (Å²) in [6.07, 6.45) is -4.23. The Morgan fingerprint density at radius 2 is 1.87 bits per heavy atom. The minimum absolute atomic E-state index is 0.00252. The number of phenolic OH excluding ortho intramolecular Hbond substituents is 2. The molecule has 1 aliphatic heterocycles. The topological polar surface area (TPSA) is 189 Å². The van der Waals surface area contributed by atoms with Gasteiger partial charge in [0.25, 0.3) is 0 Å². The van der Waals surface area contributed by atoms with E-state index in [-0.39, 0.29) is 52.8 Å². The normalized spacial score (nSPS) is 29.8. The van der Waals surface area contributed by atoms with Crippen molar-refractivity contribution in [2.75, 3.05) is 13.7 Å². The summed E-state index contributed by atoms with van der Waals surface area (Å²) in [5, 5.41) is 54.4. The second kappa shape index (κ2) is 9.70. The highest BCUT2D eigenvalue weighted by Crippen LogP contribution is 2.53. The summed E-state index contributed by atoms with van der Waals surface area (Å²) in [5.41, 5.74) is 3.39. The number of hydrogen-bond donors (Lipinski definition) is 6. The van der Waals surface area contributed by atoms with Gasteiger partial charge < -0.3 is 45.5 Å². The maximum absolute atomic E-state index is 13.7. The Balaban J connectivity index is 1.69. The number of aliphatic hydroxyl groups excluding tert-OH is 2. The number of fused-ring (bicyclic) bond motifs is 3. The molecular formula is C28H31NO10. The first-order chi connectivity index (χ1) is 18.4. The summed E-state index contributed by atoms with van der Waals surface area (Å²) in [6, 6.07) is 3.79. The first-order valence-corrected chi connectivity index (χ1v) is 12.6. The van der Waals surface area contributed by atoms with Crippen LogP contribution >= 0.6 is 0 Å². The molecule has 11 heteroatoms. The Kier molecular flexibility index (Phi) is 6.78. The van der Waals surface area contributed by atoms with Gasteiger partial charge in [-0.3, -0.25) is 9.59 Å². The van der Waals surface area contributed by atoms with Crippen molar-refractivity contribution in [3.8, 4) is 17.2 Å². The van der Waals surface area contributed by atoms with Crippen LogP contribution in [0.5, 0.6) is 17.2 Å². The Morgan fingerprint density at radius 3 is 2.51 bits per heavy atom. The van der Waals surface area contributed by atoms with E-state index < -0.39 is 77.0 Å². The highest BCUT2D eigenvalue weighted by Gasteiger charge is 2.48. The SMILES string of the molecule is C=C(CO)C1(O)Cc2c(O)c3c(c(O)c2C(OC2CC(N)C(O)C(C)O2)C1)C(=O)c1c(OC)cccc1C3=O. The summed E-state index contributed by atoms with van der Waals surface area (Å²) >= 11 is 0. The Hall–Kier alpha value is -3.32. The summed E-state index contributed by atoms with van der Waals surface area (Å²) in [6.45, 7) is 4.80. The van der Waals surface area contributed by atoms with E-state index in [4.69, 9.17) is 19.9 Å². The maximum Gasteiger partial charge on any atom is 0.202 e. The van der Waals surface area contributed by atoms with Crippen molar-refractivity contribution in [3.63, 3.8) is 0 Å². The summed E-state index contributed by atoms with van der Waals surface area (Å²) < 4.78 is 17.2. The first kappa shape index (κ1) is 27.3. The van der Waals surface area contributed by atoms with Crippen LogP contribution in [-0.2, 0) is 15.9 Å². The predicted molar refractivity (Wildman–Crippen MR) is 136 cm³/mol. The monoisotopic (exact) mass is 541 g/mol. The molecule has 1 fully saturated rings. The third kappa shape index (κ3) is 4.13. The largest absolute Gasteiger partial charge is 0.507 e. The molecule has 208 valence electrons. The molecule has 6 unspecified atom stereocenters. The quantitative estimate of drug-likeness (QED) is 0.200. The van der Waals surface area contributed by atoms with E-state index in [1.165, 1.54) is 25.3 Å². The molecule has 2 aromatic rings. The molecule has 0 amide bonds. The highest BCUT2D eigenvalue weighted by atomic mass is 16.7. The third-order valence-electron chi connectivity index (χ3n) is 7.99. The van der Waals surface area contributed by atoms with E-state index in [0.717, 1.165) is 0 Å².